The van der Waals surface area contributed by atoms with Crippen molar-refractivity contribution >= 4 is 52.7 Å². The molecule has 2 N–H and O–H groups in total. The summed E-state index contributed by atoms with van der Waals surface area (Å²) in [7, 11) is 0. The number of carboxylic acids is 1. The van der Waals surface area contributed by atoms with Crippen LogP contribution in [0.2, 0.25) is 10.0 Å². The summed E-state index contributed by atoms with van der Waals surface area (Å²) < 4.78 is 23.4. The van der Waals surface area contributed by atoms with E-state index >= 15 is 0 Å². The topological polar surface area (TPSA) is 119 Å². The number of esters is 2. The van der Waals surface area contributed by atoms with Crippen LogP contribution in [0, 0.1) is 5.82 Å². The van der Waals surface area contributed by atoms with Gasteiger partial charge in [-0.25, -0.2) is 18.8 Å². The van der Waals surface area contributed by atoms with Gasteiger partial charge >= 0.3 is 17.9 Å². The van der Waals surface area contributed by atoms with Crippen LogP contribution >= 0.6 is 23.2 Å². The van der Waals surface area contributed by atoms with E-state index < -0.39 is 41.8 Å². The van der Waals surface area contributed by atoms with Gasteiger partial charge in [0.2, 0.25) is 12.2 Å². The Labute approximate surface area is 208 Å². The first-order chi connectivity index (χ1) is 16.6. The van der Waals surface area contributed by atoms with Gasteiger partial charge in [0.1, 0.15) is 5.82 Å². The van der Waals surface area contributed by atoms with E-state index in [2.05, 4.69) is 5.32 Å². The third kappa shape index (κ3) is 7.02. The molecule has 3 aromatic carbocycles. The number of ether oxygens (including phenoxy) is 2. The normalized spacial score (nSPS) is 12.2. The predicted octanol–water partition coefficient (Wildman–Crippen LogP) is 4.61. The molecule has 0 saturated heterocycles. The van der Waals surface area contributed by atoms with Gasteiger partial charge in [-0.1, -0.05) is 23.2 Å². The maximum Gasteiger partial charge on any atom is 0.349 e. The highest BCUT2D eigenvalue weighted by atomic mass is 35.5. The van der Waals surface area contributed by atoms with Crippen LogP contribution in [0.15, 0.2) is 72.8 Å². The van der Waals surface area contributed by atoms with Crippen molar-refractivity contribution in [3.05, 3.63) is 99.8 Å². The van der Waals surface area contributed by atoms with Gasteiger partial charge < -0.3 is 19.9 Å². The summed E-state index contributed by atoms with van der Waals surface area (Å²) in [5, 5.41) is 12.7. The van der Waals surface area contributed by atoms with Crippen molar-refractivity contribution in [2.24, 2.45) is 0 Å². The Balaban J connectivity index is 1.90. The standard InChI is InChI=1S/C24H16Cl2FNO7/c25-15-5-1-13(2-6-15)23(32)34-19(21(29)28-18-11-9-17(27)10-12-18)20(22(30)31)35-24(33)14-3-7-16(26)8-4-14/h1-12,19-20H,(H,28,29)(H,30,31)/t19-,20+/m1/s1. The number of halogens is 3. The number of hydrogen-bond acceptors (Lipinski definition) is 6. The number of rotatable bonds is 8. The van der Waals surface area contributed by atoms with E-state index in [4.69, 9.17) is 32.7 Å². The molecule has 0 aliphatic rings. The number of aliphatic carboxylic acids is 1. The molecular formula is C24H16Cl2FNO7. The molecule has 8 nitrogen and oxygen atoms in total. The fourth-order valence-corrected chi connectivity index (χ4v) is 3.03. The van der Waals surface area contributed by atoms with Crippen LogP contribution in [0.4, 0.5) is 10.1 Å². The zero-order chi connectivity index (χ0) is 25.5. The summed E-state index contributed by atoms with van der Waals surface area (Å²) in [5.41, 5.74) is -0.0124. The molecule has 0 bridgehead atoms. The second kappa shape index (κ2) is 11.5. The number of carbonyl (C=O) groups excluding carboxylic acids is 3. The molecule has 180 valence electrons. The van der Waals surface area contributed by atoms with E-state index in [0.717, 1.165) is 12.1 Å². The molecule has 0 aliphatic heterocycles. The summed E-state index contributed by atoms with van der Waals surface area (Å²) in [6.45, 7) is 0. The van der Waals surface area contributed by atoms with Crippen molar-refractivity contribution in [2.45, 2.75) is 12.2 Å². The van der Waals surface area contributed by atoms with Crippen LogP contribution in [-0.2, 0) is 19.1 Å². The number of nitrogens with one attached hydrogen (secondary N) is 1. The largest absolute Gasteiger partial charge is 0.478 e. The number of hydrogen-bond donors (Lipinski definition) is 2. The number of carboxylic acid groups (broad SMARTS) is 1. The molecular weight excluding hydrogens is 504 g/mol. The van der Waals surface area contributed by atoms with E-state index in [1.165, 1.54) is 60.7 Å². The first-order valence-corrected chi connectivity index (χ1v) is 10.6. The zero-order valence-corrected chi connectivity index (χ0v) is 19.1. The first-order valence-electron chi connectivity index (χ1n) is 9.86. The molecule has 0 heterocycles. The third-order valence-electron chi connectivity index (χ3n) is 4.52. The summed E-state index contributed by atoms with van der Waals surface area (Å²) in [6, 6.07) is 15.3. The maximum absolute atomic E-state index is 13.2. The summed E-state index contributed by atoms with van der Waals surface area (Å²) in [4.78, 5) is 50.1. The molecule has 0 unspecified atom stereocenters. The van der Waals surface area contributed by atoms with Gasteiger partial charge in [0.25, 0.3) is 5.91 Å². The van der Waals surface area contributed by atoms with Crippen molar-refractivity contribution < 1.29 is 38.1 Å². The van der Waals surface area contributed by atoms with Crippen LogP contribution in [0.3, 0.4) is 0 Å². The van der Waals surface area contributed by atoms with Gasteiger partial charge in [-0.05, 0) is 72.8 Å². The fraction of sp³-hybridized carbons (Fsp3) is 0.0833. The predicted molar refractivity (Wildman–Crippen MR) is 124 cm³/mol. The van der Waals surface area contributed by atoms with E-state index in [1.54, 1.807) is 0 Å². The van der Waals surface area contributed by atoms with Crippen molar-refractivity contribution in [1.82, 2.24) is 0 Å². The van der Waals surface area contributed by atoms with Crippen LogP contribution < -0.4 is 5.32 Å². The molecule has 0 fully saturated rings. The van der Waals surface area contributed by atoms with Crippen molar-refractivity contribution in [1.29, 1.82) is 0 Å². The fourth-order valence-electron chi connectivity index (χ4n) is 2.78. The highest BCUT2D eigenvalue weighted by Crippen LogP contribution is 2.18. The number of amides is 1. The number of anilines is 1. The Kier molecular flexibility index (Phi) is 8.40. The molecule has 2 atom stereocenters. The smallest absolute Gasteiger partial charge is 0.349 e. The van der Waals surface area contributed by atoms with Crippen molar-refractivity contribution in [3.63, 3.8) is 0 Å². The Hall–Kier alpha value is -3.95. The molecule has 0 spiro atoms. The maximum atomic E-state index is 13.2. The lowest BCUT2D eigenvalue weighted by Gasteiger charge is -2.23. The second-order valence-electron chi connectivity index (χ2n) is 7.00. The van der Waals surface area contributed by atoms with Gasteiger partial charge in [0.05, 0.1) is 11.1 Å². The lowest BCUT2D eigenvalue weighted by atomic mass is 10.1. The first kappa shape index (κ1) is 25.7. The molecule has 0 aromatic heterocycles. The molecule has 0 aliphatic carbocycles. The van der Waals surface area contributed by atoms with Gasteiger partial charge in [-0.2, -0.15) is 0 Å². The van der Waals surface area contributed by atoms with Crippen LogP contribution in [0.1, 0.15) is 20.7 Å². The van der Waals surface area contributed by atoms with Gasteiger partial charge in [-0.3, -0.25) is 4.79 Å². The third-order valence-corrected chi connectivity index (χ3v) is 5.02. The molecule has 0 radical (unpaired) electrons. The number of benzene rings is 3. The van der Waals surface area contributed by atoms with Gasteiger partial charge in [0.15, 0.2) is 0 Å². The zero-order valence-electron chi connectivity index (χ0n) is 17.6. The molecule has 1 amide bonds. The highest BCUT2D eigenvalue weighted by Gasteiger charge is 2.41. The van der Waals surface area contributed by atoms with Crippen molar-refractivity contribution in [2.75, 3.05) is 5.32 Å². The minimum absolute atomic E-state index is 0.0397. The van der Waals surface area contributed by atoms with E-state index in [-0.39, 0.29) is 16.8 Å². The van der Waals surface area contributed by atoms with E-state index in [1.807, 2.05) is 0 Å². The average Bonchev–Trinajstić information content (AvgIpc) is 2.83. The highest BCUT2D eigenvalue weighted by molar-refractivity contribution is 6.31. The van der Waals surface area contributed by atoms with E-state index in [0.29, 0.717) is 10.0 Å². The second-order valence-corrected chi connectivity index (χ2v) is 7.87. The Morgan fingerprint density at radius 3 is 1.57 bits per heavy atom. The minimum atomic E-state index is -2.23. The monoisotopic (exact) mass is 519 g/mol. The molecule has 35 heavy (non-hydrogen) atoms. The summed E-state index contributed by atoms with van der Waals surface area (Å²) in [6.07, 6.45) is -4.34. The Bertz CT molecular complexity index is 1230. The Morgan fingerprint density at radius 1 is 0.714 bits per heavy atom. The molecule has 3 aromatic rings. The lowest BCUT2D eigenvalue weighted by molar-refractivity contribution is -0.157. The molecule has 11 heteroatoms. The van der Waals surface area contributed by atoms with Gasteiger partial charge in [-0.15, -0.1) is 0 Å². The average molecular weight is 520 g/mol. The van der Waals surface area contributed by atoms with Gasteiger partial charge in [0, 0.05) is 15.7 Å². The molecule has 0 saturated carbocycles. The van der Waals surface area contributed by atoms with Crippen LogP contribution in [-0.4, -0.2) is 41.1 Å². The minimum Gasteiger partial charge on any atom is -0.478 e. The summed E-state index contributed by atoms with van der Waals surface area (Å²) >= 11 is 11.6. The lowest BCUT2D eigenvalue weighted by Crippen LogP contribution is -2.48. The number of carbonyl (C=O) groups is 4. The van der Waals surface area contributed by atoms with Crippen LogP contribution in [0.25, 0.3) is 0 Å². The van der Waals surface area contributed by atoms with Crippen molar-refractivity contribution in [3.8, 4) is 0 Å². The molecule has 3 rings (SSSR count). The Morgan fingerprint density at radius 2 is 1.14 bits per heavy atom. The van der Waals surface area contributed by atoms with E-state index in [9.17, 15) is 28.7 Å². The van der Waals surface area contributed by atoms with Crippen LogP contribution in [0.5, 0.6) is 0 Å². The summed E-state index contributed by atoms with van der Waals surface area (Å²) in [5.74, 6) is -5.63. The quantitative estimate of drug-likeness (QED) is 0.417. The SMILES string of the molecule is O=C(O[C@H](C(=O)O)[C@@H](OC(=O)c1ccc(Cl)cc1)C(=O)Nc1ccc(F)cc1)c1ccc(Cl)cc1.